The Bertz CT molecular complexity index is 565. The number of rotatable bonds is 2. The Kier molecular flexibility index (Phi) is 2.84. The highest BCUT2D eigenvalue weighted by molar-refractivity contribution is 5.64. The number of anilines is 3. The van der Waals surface area contributed by atoms with Gasteiger partial charge in [0.1, 0.15) is 12.1 Å². The lowest BCUT2D eigenvalue weighted by molar-refractivity contribution is 0.830. The van der Waals surface area contributed by atoms with Crippen molar-refractivity contribution >= 4 is 17.2 Å². The first kappa shape index (κ1) is 11.0. The summed E-state index contributed by atoms with van der Waals surface area (Å²) < 4.78 is 0. The van der Waals surface area contributed by atoms with Crippen LogP contribution in [0.1, 0.15) is 17.7 Å². The normalized spacial score (nSPS) is 13.6. The molecule has 4 heteroatoms. The van der Waals surface area contributed by atoms with Gasteiger partial charge < -0.3 is 10.6 Å². The van der Waals surface area contributed by atoms with Crippen molar-refractivity contribution in [3.63, 3.8) is 0 Å². The fourth-order valence-electron chi connectivity index (χ4n) is 2.22. The van der Waals surface area contributed by atoms with E-state index in [-0.39, 0.29) is 0 Å². The minimum atomic E-state index is 0.839. The van der Waals surface area contributed by atoms with Crippen LogP contribution in [0, 0.1) is 6.92 Å². The predicted molar refractivity (Wildman–Crippen MR) is 73.3 cm³/mol. The average Bonchev–Trinajstić information content (AvgIpc) is 2.39. The van der Waals surface area contributed by atoms with E-state index in [1.165, 1.54) is 17.7 Å². The van der Waals surface area contributed by atoms with Gasteiger partial charge in [-0.25, -0.2) is 9.97 Å². The van der Waals surface area contributed by atoms with Gasteiger partial charge in [-0.3, -0.25) is 0 Å². The highest BCUT2D eigenvalue weighted by Crippen LogP contribution is 2.26. The van der Waals surface area contributed by atoms with Crippen LogP contribution < -0.4 is 10.6 Å². The molecule has 0 bridgehead atoms. The number of fused-ring (bicyclic) bond motifs is 1. The van der Waals surface area contributed by atoms with Crippen molar-refractivity contribution in [3.8, 4) is 0 Å². The van der Waals surface area contributed by atoms with Crippen molar-refractivity contribution in [2.75, 3.05) is 17.2 Å². The Morgan fingerprint density at radius 1 is 1.22 bits per heavy atom. The van der Waals surface area contributed by atoms with Crippen molar-refractivity contribution in [2.45, 2.75) is 19.8 Å². The third kappa shape index (κ3) is 2.27. The molecule has 0 amide bonds. The van der Waals surface area contributed by atoms with E-state index in [1.807, 2.05) is 13.0 Å². The molecule has 0 saturated heterocycles. The lowest BCUT2D eigenvalue weighted by Crippen LogP contribution is -2.11. The Morgan fingerprint density at radius 3 is 3.06 bits per heavy atom. The van der Waals surface area contributed by atoms with E-state index in [0.717, 1.165) is 30.2 Å². The molecule has 2 heterocycles. The monoisotopic (exact) mass is 240 g/mol. The van der Waals surface area contributed by atoms with Gasteiger partial charge in [-0.2, -0.15) is 0 Å². The number of aryl methyl sites for hydroxylation is 2. The lowest BCUT2D eigenvalue weighted by atomic mass is 10.0. The van der Waals surface area contributed by atoms with Crippen LogP contribution in [0.15, 0.2) is 30.6 Å². The van der Waals surface area contributed by atoms with E-state index in [9.17, 15) is 0 Å². The van der Waals surface area contributed by atoms with Gasteiger partial charge in [0, 0.05) is 29.7 Å². The molecule has 2 aromatic rings. The van der Waals surface area contributed by atoms with Gasteiger partial charge in [0.2, 0.25) is 0 Å². The molecular formula is C14H16N4. The average molecular weight is 240 g/mol. The van der Waals surface area contributed by atoms with Gasteiger partial charge in [-0.1, -0.05) is 0 Å². The fraction of sp³-hybridized carbons (Fsp3) is 0.286. The second-order valence-corrected chi connectivity index (χ2v) is 4.57. The molecule has 0 fully saturated rings. The van der Waals surface area contributed by atoms with Gasteiger partial charge in [-0.15, -0.1) is 0 Å². The van der Waals surface area contributed by atoms with Crippen LogP contribution >= 0.6 is 0 Å². The molecule has 1 aromatic heterocycles. The Balaban J connectivity index is 1.85. The van der Waals surface area contributed by atoms with Crippen molar-refractivity contribution < 1.29 is 0 Å². The van der Waals surface area contributed by atoms with Crippen molar-refractivity contribution in [1.29, 1.82) is 0 Å². The molecule has 0 spiro atoms. The largest absolute Gasteiger partial charge is 0.385 e. The van der Waals surface area contributed by atoms with E-state index >= 15 is 0 Å². The molecule has 92 valence electrons. The first-order valence-electron chi connectivity index (χ1n) is 6.24. The molecule has 3 rings (SSSR count). The molecule has 0 aliphatic carbocycles. The first-order valence-corrected chi connectivity index (χ1v) is 6.24. The van der Waals surface area contributed by atoms with Crippen LogP contribution in [0.3, 0.4) is 0 Å². The fourth-order valence-corrected chi connectivity index (χ4v) is 2.22. The summed E-state index contributed by atoms with van der Waals surface area (Å²) in [5, 5.41) is 6.73. The topological polar surface area (TPSA) is 49.8 Å². The summed E-state index contributed by atoms with van der Waals surface area (Å²) in [7, 11) is 0. The van der Waals surface area contributed by atoms with E-state index in [2.05, 4.69) is 38.8 Å². The summed E-state index contributed by atoms with van der Waals surface area (Å²) in [5.41, 5.74) is 4.67. The zero-order valence-corrected chi connectivity index (χ0v) is 10.4. The maximum absolute atomic E-state index is 4.21. The van der Waals surface area contributed by atoms with Crippen LogP contribution in [0.4, 0.5) is 17.2 Å². The first-order chi connectivity index (χ1) is 8.81. The Labute approximate surface area is 106 Å². The molecular weight excluding hydrogens is 224 g/mol. The summed E-state index contributed by atoms with van der Waals surface area (Å²) in [4.78, 5) is 8.30. The minimum Gasteiger partial charge on any atom is -0.385 e. The second kappa shape index (κ2) is 4.64. The quantitative estimate of drug-likeness (QED) is 0.847. The molecule has 0 saturated carbocycles. The number of hydrogen-bond donors (Lipinski definition) is 2. The molecule has 0 unspecified atom stereocenters. The summed E-state index contributed by atoms with van der Waals surface area (Å²) in [5.74, 6) is 0.839. The van der Waals surface area contributed by atoms with Crippen LogP contribution in [0.2, 0.25) is 0 Å². The third-order valence-corrected chi connectivity index (χ3v) is 3.12. The van der Waals surface area contributed by atoms with Crippen LogP contribution in [-0.4, -0.2) is 16.5 Å². The summed E-state index contributed by atoms with van der Waals surface area (Å²) in [6.45, 7) is 3.04. The van der Waals surface area contributed by atoms with Gasteiger partial charge in [0.25, 0.3) is 0 Å². The van der Waals surface area contributed by atoms with E-state index < -0.39 is 0 Å². The number of nitrogens with zero attached hydrogens (tertiary/aromatic N) is 2. The minimum absolute atomic E-state index is 0.839. The summed E-state index contributed by atoms with van der Waals surface area (Å²) >= 11 is 0. The van der Waals surface area contributed by atoms with E-state index in [1.54, 1.807) is 6.33 Å². The molecule has 1 aromatic carbocycles. The molecule has 2 N–H and O–H groups in total. The van der Waals surface area contributed by atoms with Crippen molar-refractivity contribution in [2.24, 2.45) is 0 Å². The molecule has 4 nitrogen and oxygen atoms in total. The second-order valence-electron chi connectivity index (χ2n) is 4.57. The SMILES string of the molecule is Cc1cc(Nc2ccc3c(c2)CCCN3)ncn1. The zero-order chi connectivity index (χ0) is 12.4. The smallest absolute Gasteiger partial charge is 0.133 e. The van der Waals surface area contributed by atoms with E-state index in [0.29, 0.717) is 0 Å². The van der Waals surface area contributed by atoms with E-state index in [4.69, 9.17) is 0 Å². The van der Waals surface area contributed by atoms with Crippen molar-refractivity contribution in [1.82, 2.24) is 9.97 Å². The molecule has 1 aliphatic rings. The maximum atomic E-state index is 4.21. The van der Waals surface area contributed by atoms with Gasteiger partial charge in [0.15, 0.2) is 0 Å². The third-order valence-electron chi connectivity index (χ3n) is 3.12. The standard InChI is InChI=1S/C14H16N4/c1-10-7-14(17-9-16-10)18-12-4-5-13-11(8-12)3-2-6-15-13/h4-5,7-9,15H,2-3,6H2,1H3,(H,16,17,18). The number of nitrogens with one attached hydrogen (secondary N) is 2. The molecule has 18 heavy (non-hydrogen) atoms. The predicted octanol–water partition coefficient (Wildman–Crippen LogP) is 2.89. The van der Waals surface area contributed by atoms with Crippen LogP contribution in [0.25, 0.3) is 0 Å². The van der Waals surface area contributed by atoms with Gasteiger partial charge in [-0.05, 0) is 43.5 Å². The number of benzene rings is 1. The van der Waals surface area contributed by atoms with Gasteiger partial charge >= 0.3 is 0 Å². The van der Waals surface area contributed by atoms with Crippen molar-refractivity contribution in [3.05, 3.63) is 41.9 Å². The summed E-state index contributed by atoms with van der Waals surface area (Å²) in [6, 6.07) is 8.34. The zero-order valence-electron chi connectivity index (χ0n) is 10.4. The molecule has 0 atom stereocenters. The highest BCUT2D eigenvalue weighted by Gasteiger charge is 2.08. The van der Waals surface area contributed by atoms with Gasteiger partial charge in [0.05, 0.1) is 0 Å². The molecule has 1 aliphatic heterocycles. The Morgan fingerprint density at radius 2 is 2.17 bits per heavy atom. The summed E-state index contributed by atoms with van der Waals surface area (Å²) in [6.07, 6.45) is 3.92. The molecule has 0 radical (unpaired) electrons. The van der Waals surface area contributed by atoms with Crippen LogP contribution in [-0.2, 0) is 6.42 Å². The number of aromatic nitrogens is 2. The number of hydrogen-bond acceptors (Lipinski definition) is 4. The highest BCUT2D eigenvalue weighted by atomic mass is 15.0. The van der Waals surface area contributed by atoms with Crippen LogP contribution in [0.5, 0.6) is 0 Å². The lowest BCUT2D eigenvalue weighted by Gasteiger charge is -2.19. The Hall–Kier alpha value is -2.10. The maximum Gasteiger partial charge on any atom is 0.133 e.